The zero-order chi connectivity index (χ0) is 23.3. The summed E-state index contributed by atoms with van der Waals surface area (Å²) in [7, 11) is -2.24. The molecule has 3 aromatic rings. The molecule has 1 heterocycles. The number of sulfonamides is 1. The maximum atomic E-state index is 12.3. The molecule has 1 amide bonds. The smallest absolute Gasteiger partial charge is 0.348 e. The second-order valence-corrected chi connectivity index (χ2v) is 9.87. The normalized spacial score (nSPS) is 11.3. The number of esters is 1. The number of amides is 1. The van der Waals surface area contributed by atoms with Crippen LogP contribution >= 0.6 is 11.3 Å². The summed E-state index contributed by atoms with van der Waals surface area (Å²) in [5, 5.41) is 3.57. The van der Waals surface area contributed by atoms with Crippen LogP contribution in [0.4, 0.5) is 5.69 Å². The number of anilines is 1. The number of thiophene rings is 1. The summed E-state index contributed by atoms with van der Waals surface area (Å²) in [6.45, 7) is 3.72. The second kappa shape index (κ2) is 10.1. The molecule has 0 bridgehead atoms. The van der Waals surface area contributed by atoms with Crippen molar-refractivity contribution in [3.8, 4) is 5.75 Å². The van der Waals surface area contributed by atoms with E-state index in [1.165, 1.54) is 36.6 Å². The molecule has 0 fully saturated rings. The van der Waals surface area contributed by atoms with Crippen molar-refractivity contribution < 1.29 is 27.5 Å². The molecule has 1 aromatic heterocycles. The number of methoxy groups -OCH3 is 1. The van der Waals surface area contributed by atoms with Gasteiger partial charge in [-0.05, 0) is 66.8 Å². The van der Waals surface area contributed by atoms with Gasteiger partial charge in [-0.2, -0.15) is 0 Å². The average molecular weight is 477 g/mol. The van der Waals surface area contributed by atoms with E-state index in [-0.39, 0.29) is 17.4 Å². The molecule has 0 aliphatic carbocycles. The summed E-state index contributed by atoms with van der Waals surface area (Å²) >= 11 is 1.31. The van der Waals surface area contributed by atoms with Crippen molar-refractivity contribution in [2.24, 2.45) is 0 Å². The molecule has 2 N–H and O–H groups in total. The Kier molecular flexibility index (Phi) is 7.49. The van der Waals surface area contributed by atoms with Crippen LogP contribution in [0, 0.1) is 6.92 Å². The zero-order valence-electron chi connectivity index (χ0n) is 17.9. The highest BCUT2D eigenvalue weighted by atomic mass is 32.2. The van der Waals surface area contributed by atoms with Crippen LogP contribution in [0.25, 0.3) is 10.1 Å². The second-order valence-electron chi connectivity index (χ2n) is 7.02. The van der Waals surface area contributed by atoms with Crippen molar-refractivity contribution in [3.05, 3.63) is 52.9 Å². The number of carbonyl (C=O) groups is 2. The van der Waals surface area contributed by atoms with Gasteiger partial charge in [0.2, 0.25) is 10.0 Å². The van der Waals surface area contributed by atoms with Gasteiger partial charge in [-0.25, -0.2) is 17.9 Å². The standard InChI is InChI=1S/C22H24N2O6S2/c1-4-9-23-32(27,28)17-6-7-18(14(2)10-17)30-13-21(25)24-16-5-8-19-15(11-16)12-20(31-19)22(26)29-3/h5-8,10-12,23H,4,9,13H2,1-3H3,(H,24,25). The Labute approximate surface area is 190 Å². The van der Waals surface area contributed by atoms with Crippen LogP contribution in [-0.2, 0) is 19.6 Å². The summed E-state index contributed by atoms with van der Waals surface area (Å²) in [5.41, 5.74) is 1.17. The van der Waals surface area contributed by atoms with Crippen molar-refractivity contribution in [1.29, 1.82) is 0 Å². The van der Waals surface area contributed by atoms with E-state index in [4.69, 9.17) is 9.47 Å². The Bertz CT molecular complexity index is 1250. The van der Waals surface area contributed by atoms with Gasteiger partial charge < -0.3 is 14.8 Å². The Morgan fingerprint density at radius 1 is 1.09 bits per heavy atom. The molecule has 0 saturated carbocycles. The van der Waals surface area contributed by atoms with Gasteiger partial charge in [0.1, 0.15) is 10.6 Å². The van der Waals surface area contributed by atoms with Crippen LogP contribution in [0.15, 0.2) is 47.4 Å². The van der Waals surface area contributed by atoms with Crippen LogP contribution < -0.4 is 14.8 Å². The van der Waals surface area contributed by atoms with Crippen LogP contribution in [0.3, 0.4) is 0 Å². The van der Waals surface area contributed by atoms with Crippen molar-refractivity contribution in [1.82, 2.24) is 4.72 Å². The quantitative estimate of drug-likeness (QED) is 0.456. The Balaban J connectivity index is 1.62. The molecule has 0 atom stereocenters. The van der Waals surface area contributed by atoms with Crippen molar-refractivity contribution in [2.45, 2.75) is 25.2 Å². The Hall–Kier alpha value is -2.95. The van der Waals surface area contributed by atoms with Gasteiger partial charge >= 0.3 is 5.97 Å². The minimum absolute atomic E-state index is 0.149. The Morgan fingerprint density at radius 2 is 1.88 bits per heavy atom. The number of ether oxygens (including phenoxy) is 2. The highest BCUT2D eigenvalue weighted by Crippen LogP contribution is 2.28. The topological polar surface area (TPSA) is 111 Å². The van der Waals surface area contributed by atoms with Crippen LogP contribution in [0.5, 0.6) is 5.75 Å². The lowest BCUT2D eigenvalue weighted by Crippen LogP contribution is -2.24. The van der Waals surface area contributed by atoms with Crippen molar-refractivity contribution in [3.63, 3.8) is 0 Å². The molecule has 8 nitrogen and oxygen atoms in total. The van der Waals surface area contributed by atoms with E-state index in [9.17, 15) is 18.0 Å². The van der Waals surface area contributed by atoms with Crippen molar-refractivity contribution in [2.75, 3.05) is 25.6 Å². The number of hydrogen-bond donors (Lipinski definition) is 2. The van der Waals surface area contributed by atoms with Crippen LogP contribution in [-0.4, -0.2) is 40.6 Å². The molecule has 0 radical (unpaired) electrons. The first-order chi connectivity index (χ1) is 15.2. The first-order valence-corrected chi connectivity index (χ1v) is 12.2. The predicted molar refractivity (Wildman–Crippen MR) is 124 cm³/mol. The zero-order valence-corrected chi connectivity index (χ0v) is 19.6. The number of benzene rings is 2. The van der Waals surface area contributed by atoms with E-state index in [1.807, 2.05) is 13.0 Å². The monoisotopic (exact) mass is 476 g/mol. The third-order valence-electron chi connectivity index (χ3n) is 4.54. The van der Waals surface area contributed by atoms with Gasteiger partial charge in [0, 0.05) is 16.9 Å². The minimum Gasteiger partial charge on any atom is -0.483 e. The van der Waals surface area contributed by atoms with Gasteiger partial charge in [-0.15, -0.1) is 11.3 Å². The van der Waals surface area contributed by atoms with E-state index in [0.717, 1.165) is 10.1 Å². The van der Waals surface area contributed by atoms with Gasteiger partial charge in [0.05, 0.1) is 12.0 Å². The lowest BCUT2D eigenvalue weighted by Gasteiger charge is -2.12. The first-order valence-electron chi connectivity index (χ1n) is 9.88. The highest BCUT2D eigenvalue weighted by Gasteiger charge is 2.15. The SMILES string of the molecule is CCCNS(=O)(=O)c1ccc(OCC(=O)Nc2ccc3sc(C(=O)OC)cc3c2)c(C)c1. The molecule has 32 heavy (non-hydrogen) atoms. The summed E-state index contributed by atoms with van der Waals surface area (Å²) < 4.78 is 38.2. The molecule has 0 spiro atoms. The van der Waals surface area contributed by atoms with Crippen molar-refractivity contribution >= 4 is 49.0 Å². The molecule has 10 heteroatoms. The molecule has 0 aliphatic heterocycles. The summed E-state index contributed by atoms with van der Waals surface area (Å²) in [5.74, 6) is -0.348. The third-order valence-corrected chi connectivity index (χ3v) is 7.10. The first kappa shape index (κ1) is 23.7. The largest absolute Gasteiger partial charge is 0.483 e. The number of fused-ring (bicyclic) bond motifs is 1. The fourth-order valence-corrected chi connectivity index (χ4v) is 5.11. The number of aryl methyl sites for hydroxylation is 1. The summed E-state index contributed by atoms with van der Waals surface area (Å²) in [4.78, 5) is 24.6. The lowest BCUT2D eigenvalue weighted by atomic mass is 10.2. The molecule has 0 unspecified atom stereocenters. The number of carbonyl (C=O) groups excluding carboxylic acids is 2. The van der Waals surface area contributed by atoms with E-state index in [0.29, 0.717) is 34.8 Å². The fraction of sp³-hybridized carbons (Fsp3) is 0.273. The summed E-state index contributed by atoms with van der Waals surface area (Å²) in [6, 6.07) is 11.5. The third kappa shape index (κ3) is 5.64. The molecule has 3 rings (SSSR count). The molecule has 0 saturated heterocycles. The molecule has 0 aliphatic rings. The number of rotatable bonds is 9. The maximum absolute atomic E-state index is 12.3. The van der Waals surface area contributed by atoms with E-state index >= 15 is 0 Å². The minimum atomic E-state index is -3.57. The highest BCUT2D eigenvalue weighted by molar-refractivity contribution is 7.89. The predicted octanol–water partition coefficient (Wildman–Crippen LogP) is 3.70. The molecular weight excluding hydrogens is 452 g/mol. The van der Waals surface area contributed by atoms with Gasteiger partial charge in [0.15, 0.2) is 6.61 Å². The van der Waals surface area contributed by atoms with E-state index in [1.54, 1.807) is 25.1 Å². The van der Waals surface area contributed by atoms with E-state index in [2.05, 4.69) is 10.0 Å². The molecular formula is C22H24N2O6S2. The molecule has 170 valence electrons. The van der Waals surface area contributed by atoms with Gasteiger partial charge in [0.25, 0.3) is 5.91 Å². The maximum Gasteiger partial charge on any atom is 0.348 e. The number of nitrogens with one attached hydrogen (secondary N) is 2. The molecule has 2 aromatic carbocycles. The van der Waals surface area contributed by atoms with E-state index < -0.39 is 16.0 Å². The van der Waals surface area contributed by atoms with Crippen LogP contribution in [0.2, 0.25) is 0 Å². The Morgan fingerprint density at radius 3 is 2.56 bits per heavy atom. The number of hydrogen-bond acceptors (Lipinski definition) is 7. The average Bonchev–Trinajstić information content (AvgIpc) is 3.19. The fourth-order valence-electron chi connectivity index (χ4n) is 2.93. The van der Waals surface area contributed by atoms with Gasteiger partial charge in [-0.1, -0.05) is 6.92 Å². The summed E-state index contributed by atoms with van der Waals surface area (Å²) in [6.07, 6.45) is 0.695. The lowest BCUT2D eigenvalue weighted by molar-refractivity contribution is -0.118. The van der Waals surface area contributed by atoms with Gasteiger partial charge in [-0.3, -0.25) is 4.79 Å². The van der Waals surface area contributed by atoms with Crippen LogP contribution in [0.1, 0.15) is 28.6 Å².